The van der Waals surface area contributed by atoms with Gasteiger partial charge in [0, 0.05) is 29.6 Å². The fourth-order valence-corrected chi connectivity index (χ4v) is 0. The molecule has 0 aromatic rings. The molecule has 0 aromatic carbocycles. The fourth-order valence-electron chi connectivity index (χ4n) is 0. The van der Waals surface area contributed by atoms with Crippen LogP contribution < -0.4 is 5.14 Å². The molecule has 5 heteroatoms. The van der Waals surface area contributed by atoms with Crippen molar-refractivity contribution in [3.63, 3.8) is 0 Å². The maximum absolute atomic E-state index is 9.41. The van der Waals surface area contributed by atoms with Crippen LogP contribution in [0.25, 0.3) is 0 Å². The predicted octanol–water partition coefficient (Wildman–Crippen LogP) is -1.48. The summed E-state index contributed by atoms with van der Waals surface area (Å²) in [5.41, 5.74) is 0. The summed E-state index contributed by atoms with van der Waals surface area (Å²) in [6, 6.07) is 0. The third-order valence-corrected chi connectivity index (χ3v) is 0. The van der Waals surface area contributed by atoms with E-state index < -0.39 is 10.0 Å². The second-order valence-corrected chi connectivity index (χ2v) is 2.49. The SMILES string of the molecule is CS(N)(=O)=O.[Na]. The molecule has 2 N–H and O–H groups in total. The van der Waals surface area contributed by atoms with Gasteiger partial charge in [-0.15, -0.1) is 0 Å². The van der Waals surface area contributed by atoms with E-state index in [4.69, 9.17) is 0 Å². The van der Waals surface area contributed by atoms with E-state index in [2.05, 4.69) is 5.14 Å². The molecule has 6 heavy (non-hydrogen) atoms. The molecule has 0 aliphatic rings. The van der Waals surface area contributed by atoms with Gasteiger partial charge in [0.2, 0.25) is 10.0 Å². The Hall–Kier alpha value is 0.910. The molecule has 0 amide bonds. The summed E-state index contributed by atoms with van der Waals surface area (Å²) < 4.78 is 18.8. The van der Waals surface area contributed by atoms with Crippen LogP contribution in [0.2, 0.25) is 0 Å². The van der Waals surface area contributed by atoms with Crippen LogP contribution in [0.4, 0.5) is 0 Å². The Kier molecular flexibility index (Phi) is 4.98. The van der Waals surface area contributed by atoms with E-state index in [1.807, 2.05) is 0 Å². The van der Waals surface area contributed by atoms with Crippen LogP contribution >= 0.6 is 0 Å². The first-order valence-corrected chi connectivity index (χ1v) is 2.93. The number of hydrogen-bond acceptors (Lipinski definition) is 2. The van der Waals surface area contributed by atoms with Crippen LogP contribution in [0, 0.1) is 0 Å². The Morgan fingerprint density at radius 2 is 1.50 bits per heavy atom. The minimum Gasteiger partial charge on any atom is -0.229 e. The molecular formula is CH5NNaO2S. The van der Waals surface area contributed by atoms with E-state index in [0.29, 0.717) is 0 Å². The van der Waals surface area contributed by atoms with E-state index >= 15 is 0 Å². The van der Waals surface area contributed by atoms with Crippen molar-refractivity contribution in [2.45, 2.75) is 0 Å². The van der Waals surface area contributed by atoms with Gasteiger partial charge in [0.15, 0.2) is 0 Å². The van der Waals surface area contributed by atoms with Crippen LogP contribution in [0.5, 0.6) is 0 Å². The third kappa shape index (κ3) is 90.6. The monoisotopic (exact) mass is 118 g/mol. The van der Waals surface area contributed by atoms with Crippen molar-refractivity contribution in [1.29, 1.82) is 0 Å². The van der Waals surface area contributed by atoms with Crippen LogP contribution in [0.1, 0.15) is 0 Å². The van der Waals surface area contributed by atoms with Gasteiger partial charge >= 0.3 is 0 Å². The first-order chi connectivity index (χ1) is 2.00. The minimum absolute atomic E-state index is 0. The molecule has 0 rings (SSSR count). The average molecular weight is 118 g/mol. The first-order valence-electron chi connectivity index (χ1n) is 0.977. The summed E-state index contributed by atoms with van der Waals surface area (Å²) >= 11 is 0. The van der Waals surface area contributed by atoms with Gasteiger partial charge < -0.3 is 0 Å². The number of nitrogens with two attached hydrogens (primary N) is 1. The number of rotatable bonds is 0. The fraction of sp³-hybridized carbons (Fsp3) is 1.00. The maximum atomic E-state index is 9.41. The van der Waals surface area contributed by atoms with Gasteiger partial charge in [0.1, 0.15) is 0 Å². The van der Waals surface area contributed by atoms with Crippen LogP contribution in [-0.2, 0) is 10.0 Å². The maximum Gasteiger partial charge on any atom is 0.206 e. The molecular weight excluding hydrogens is 113 g/mol. The summed E-state index contributed by atoms with van der Waals surface area (Å²) in [4.78, 5) is 0. The van der Waals surface area contributed by atoms with Crippen molar-refractivity contribution in [3.05, 3.63) is 0 Å². The smallest absolute Gasteiger partial charge is 0.206 e. The van der Waals surface area contributed by atoms with Crippen molar-refractivity contribution in [2.24, 2.45) is 5.14 Å². The second-order valence-electron chi connectivity index (χ2n) is 0.830. The van der Waals surface area contributed by atoms with E-state index in [-0.39, 0.29) is 29.6 Å². The second kappa shape index (κ2) is 2.98. The summed E-state index contributed by atoms with van der Waals surface area (Å²) in [7, 11) is -3.17. The standard InChI is InChI=1S/CH5NO2S.Na/c1-5(2,3)4;/h1H3,(H2,2,3,4);. The average Bonchev–Trinajstić information content (AvgIpc) is 0.722. The van der Waals surface area contributed by atoms with Crippen molar-refractivity contribution < 1.29 is 8.42 Å². The normalized spacial score (nSPS) is 9.67. The molecule has 0 saturated carbocycles. The summed E-state index contributed by atoms with van der Waals surface area (Å²) in [5, 5.41) is 4.33. The van der Waals surface area contributed by atoms with Crippen LogP contribution in [0.15, 0.2) is 0 Å². The van der Waals surface area contributed by atoms with Gasteiger partial charge in [-0.1, -0.05) is 0 Å². The van der Waals surface area contributed by atoms with Gasteiger partial charge in [-0.2, -0.15) is 0 Å². The van der Waals surface area contributed by atoms with Crippen molar-refractivity contribution in [3.8, 4) is 0 Å². The Bertz CT molecular complexity index is 96.7. The van der Waals surface area contributed by atoms with Gasteiger partial charge in [0.05, 0.1) is 6.26 Å². The molecule has 0 spiro atoms. The molecule has 0 unspecified atom stereocenters. The van der Waals surface area contributed by atoms with Gasteiger partial charge in [-0.3, -0.25) is 0 Å². The minimum atomic E-state index is -3.17. The molecule has 0 bridgehead atoms. The van der Waals surface area contributed by atoms with E-state index in [1.54, 1.807) is 0 Å². The zero-order valence-electron chi connectivity index (χ0n) is 3.80. The van der Waals surface area contributed by atoms with Crippen molar-refractivity contribution in [1.82, 2.24) is 0 Å². The molecule has 0 aromatic heterocycles. The third-order valence-electron chi connectivity index (χ3n) is 0. The predicted molar refractivity (Wildman–Crippen MR) is 24.8 cm³/mol. The molecule has 1 radical (unpaired) electrons. The molecule has 3 nitrogen and oxygen atoms in total. The molecule has 33 valence electrons. The quantitative estimate of drug-likeness (QED) is 0.394. The zero-order chi connectivity index (χ0) is 4.50. The Morgan fingerprint density at radius 3 is 1.50 bits per heavy atom. The van der Waals surface area contributed by atoms with Crippen LogP contribution in [0.3, 0.4) is 0 Å². The molecule has 0 aliphatic heterocycles. The molecule has 0 fully saturated rings. The van der Waals surface area contributed by atoms with E-state index in [9.17, 15) is 8.42 Å². The van der Waals surface area contributed by atoms with E-state index in [0.717, 1.165) is 6.26 Å². The number of primary sulfonamides is 1. The summed E-state index contributed by atoms with van der Waals surface area (Å²) in [6.45, 7) is 0. The topological polar surface area (TPSA) is 60.2 Å². The van der Waals surface area contributed by atoms with Crippen molar-refractivity contribution in [2.75, 3.05) is 6.26 Å². The van der Waals surface area contributed by atoms with Gasteiger partial charge in [-0.25, -0.2) is 13.6 Å². The first kappa shape index (κ1) is 10.0. The molecule has 0 aliphatic carbocycles. The largest absolute Gasteiger partial charge is 0.229 e. The Balaban J connectivity index is 0. The van der Waals surface area contributed by atoms with Gasteiger partial charge in [-0.05, 0) is 0 Å². The van der Waals surface area contributed by atoms with Crippen LogP contribution in [-0.4, -0.2) is 44.2 Å². The van der Waals surface area contributed by atoms with Gasteiger partial charge in [0.25, 0.3) is 0 Å². The number of sulfonamides is 1. The molecule has 0 saturated heterocycles. The summed E-state index contributed by atoms with van der Waals surface area (Å²) in [5.74, 6) is 0. The zero-order valence-corrected chi connectivity index (χ0v) is 6.62. The Morgan fingerprint density at radius 1 is 1.50 bits per heavy atom. The molecule has 0 atom stereocenters. The number of hydrogen-bond donors (Lipinski definition) is 1. The summed E-state index contributed by atoms with van der Waals surface area (Å²) in [6.07, 6.45) is 0.938. The van der Waals surface area contributed by atoms with E-state index in [1.165, 1.54) is 0 Å². The molecule has 0 heterocycles. The van der Waals surface area contributed by atoms with Crippen molar-refractivity contribution >= 4 is 39.6 Å². The Labute approximate surface area is 59.3 Å².